The van der Waals surface area contributed by atoms with Crippen molar-refractivity contribution in [3.8, 4) is 0 Å². The third-order valence-corrected chi connectivity index (χ3v) is 3.19. The van der Waals surface area contributed by atoms with E-state index in [4.69, 9.17) is 0 Å². The van der Waals surface area contributed by atoms with Gasteiger partial charge in [-0.25, -0.2) is 0 Å². The Kier molecular flexibility index (Phi) is 1.73. The molecule has 3 unspecified atom stereocenters. The second-order valence-electron chi connectivity index (χ2n) is 3.87. The standard InChI is InChI=1S/C8H13F3/c1-5-4-7(5,3)6(2)8(9,10)11/h5-6H,4H2,1-3H3. The normalized spacial score (nSPS) is 40.4. The van der Waals surface area contributed by atoms with Crippen LogP contribution in [0.25, 0.3) is 0 Å². The van der Waals surface area contributed by atoms with Crippen LogP contribution in [0.5, 0.6) is 0 Å². The molecule has 3 heteroatoms. The van der Waals surface area contributed by atoms with Crippen LogP contribution in [0.2, 0.25) is 0 Å². The molecule has 0 spiro atoms. The summed E-state index contributed by atoms with van der Waals surface area (Å²) in [6.45, 7) is 4.88. The maximum Gasteiger partial charge on any atom is 0.392 e. The predicted molar refractivity (Wildman–Crippen MR) is 37.1 cm³/mol. The molecule has 0 heterocycles. The molecule has 1 saturated carbocycles. The monoisotopic (exact) mass is 166 g/mol. The van der Waals surface area contributed by atoms with Gasteiger partial charge in [0.2, 0.25) is 0 Å². The van der Waals surface area contributed by atoms with Gasteiger partial charge in [0.15, 0.2) is 0 Å². The Hall–Kier alpha value is -0.210. The molecule has 0 bridgehead atoms. The van der Waals surface area contributed by atoms with Gasteiger partial charge in [-0.2, -0.15) is 13.2 Å². The Morgan fingerprint density at radius 1 is 1.45 bits per heavy atom. The molecule has 0 aromatic carbocycles. The van der Waals surface area contributed by atoms with Crippen molar-refractivity contribution in [3.05, 3.63) is 0 Å². The number of rotatable bonds is 1. The summed E-state index contributed by atoms with van der Waals surface area (Å²) < 4.78 is 36.5. The van der Waals surface area contributed by atoms with Crippen LogP contribution in [0.3, 0.4) is 0 Å². The van der Waals surface area contributed by atoms with Gasteiger partial charge in [0, 0.05) is 0 Å². The predicted octanol–water partition coefficient (Wildman–Crippen LogP) is 3.23. The molecule has 3 atom stereocenters. The van der Waals surface area contributed by atoms with Crippen molar-refractivity contribution in [2.24, 2.45) is 17.3 Å². The minimum absolute atomic E-state index is 0.235. The summed E-state index contributed by atoms with van der Waals surface area (Å²) in [7, 11) is 0. The topological polar surface area (TPSA) is 0 Å². The minimum Gasteiger partial charge on any atom is -0.171 e. The molecule has 0 radical (unpaired) electrons. The first kappa shape index (κ1) is 8.88. The van der Waals surface area contributed by atoms with Crippen molar-refractivity contribution < 1.29 is 13.2 Å². The zero-order valence-corrected chi connectivity index (χ0v) is 7.00. The van der Waals surface area contributed by atoms with Crippen LogP contribution in [-0.4, -0.2) is 6.18 Å². The lowest BCUT2D eigenvalue weighted by Crippen LogP contribution is -2.28. The first-order valence-electron chi connectivity index (χ1n) is 3.85. The molecule has 1 aliphatic carbocycles. The van der Waals surface area contributed by atoms with Gasteiger partial charge in [-0.05, 0) is 17.8 Å². The van der Waals surface area contributed by atoms with Crippen molar-refractivity contribution in [3.63, 3.8) is 0 Å². The van der Waals surface area contributed by atoms with Gasteiger partial charge in [0.25, 0.3) is 0 Å². The first-order chi connectivity index (χ1) is 4.78. The average Bonchev–Trinajstić information content (AvgIpc) is 2.38. The maximum atomic E-state index is 12.2. The smallest absolute Gasteiger partial charge is 0.171 e. The zero-order valence-electron chi connectivity index (χ0n) is 7.00. The summed E-state index contributed by atoms with van der Waals surface area (Å²) in [6.07, 6.45) is -3.30. The van der Waals surface area contributed by atoms with Crippen molar-refractivity contribution in [1.29, 1.82) is 0 Å². The van der Waals surface area contributed by atoms with Crippen LogP contribution in [0.4, 0.5) is 13.2 Å². The molecule has 0 amide bonds. The van der Waals surface area contributed by atoms with Gasteiger partial charge in [-0.1, -0.05) is 20.8 Å². The lowest BCUT2D eigenvalue weighted by Gasteiger charge is -2.22. The van der Waals surface area contributed by atoms with Crippen LogP contribution in [0.1, 0.15) is 27.2 Å². The molecule has 1 fully saturated rings. The van der Waals surface area contributed by atoms with E-state index in [2.05, 4.69) is 0 Å². The van der Waals surface area contributed by atoms with E-state index in [-0.39, 0.29) is 5.92 Å². The molecule has 0 aromatic rings. The van der Waals surface area contributed by atoms with Crippen LogP contribution in [0.15, 0.2) is 0 Å². The summed E-state index contributed by atoms with van der Waals surface area (Å²) in [6, 6.07) is 0. The highest BCUT2D eigenvalue weighted by Crippen LogP contribution is 2.60. The molecule has 0 aliphatic heterocycles. The van der Waals surface area contributed by atoms with Gasteiger partial charge in [0.05, 0.1) is 5.92 Å². The average molecular weight is 166 g/mol. The summed E-state index contributed by atoms with van der Waals surface area (Å²) in [5.74, 6) is -0.913. The molecule has 66 valence electrons. The quantitative estimate of drug-likeness (QED) is 0.561. The number of hydrogen-bond donors (Lipinski definition) is 0. The molecule has 0 nitrogen and oxygen atoms in total. The summed E-state index contributed by atoms with van der Waals surface area (Å²) in [4.78, 5) is 0. The zero-order chi connectivity index (χ0) is 8.86. The van der Waals surface area contributed by atoms with Gasteiger partial charge in [0.1, 0.15) is 0 Å². The van der Waals surface area contributed by atoms with E-state index in [0.717, 1.165) is 0 Å². The number of halogens is 3. The van der Waals surface area contributed by atoms with E-state index in [0.29, 0.717) is 6.42 Å². The van der Waals surface area contributed by atoms with E-state index in [1.54, 1.807) is 6.92 Å². The fourth-order valence-corrected chi connectivity index (χ4v) is 1.58. The maximum absolute atomic E-state index is 12.2. The van der Waals surface area contributed by atoms with Gasteiger partial charge >= 0.3 is 6.18 Å². The van der Waals surface area contributed by atoms with Crippen molar-refractivity contribution in [1.82, 2.24) is 0 Å². The molecule has 1 rings (SSSR count). The lowest BCUT2D eigenvalue weighted by molar-refractivity contribution is -0.187. The summed E-state index contributed by atoms with van der Waals surface area (Å²) in [5, 5.41) is 0. The second-order valence-corrected chi connectivity index (χ2v) is 3.87. The summed E-state index contributed by atoms with van der Waals surface area (Å²) in [5.41, 5.74) is -0.474. The molecule has 1 aliphatic rings. The Labute approximate surface area is 64.8 Å². The Balaban J connectivity index is 2.63. The van der Waals surface area contributed by atoms with E-state index < -0.39 is 17.5 Å². The summed E-state index contributed by atoms with van der Waals surface area (Å²) >= 11 is 0. The van der Waals surface area contributed by atoms with E-state index in [1.807, 2.05) is 6.92 Å². The Bertz CT molecular complexity index is 161. The largest absolute Gasteiger partial charge is 0.392 e. The highest BCUT2D eigenvalue weighted by molar-refractivity contribution is 5.01. The van der Waals surface area contributed by atoms with E-state index >= 15 is 0 Å². The highest BCUT2D eigenvalue weighted by Gasteiger charge is 2.59. The van der Waals surface area contributed by atoms with Crippen molar-refractivity contribution in [2.45, 2.75) is 33.4 Å². The second kappa shape index (κ2) is 2.14. The van der Waals surface area contributed by atoms with Crippen molar-refractivity contribution >= 4 is 0 Å². The van der Waals surface area contributed by atoms with Crippen LogP contribution < -0.4 is 0 Å². The molecular formula is C8H13F3. The number of alkyl halides is 3. The van der Waals surface area contributed by atoms with Crippen molar-refractivity contribution in [2.75, 3.05) is 0 Å². The first-order valence-corrected chi connectivity index (χ1v) is 3.85. The lowest BCUT2D eigenvalue weighted by atomic mass is 9.90. The minimum atomic E-state index is -4.01. The number of hydrogen-bond acceptors (Lipinski definition) is 0. The molecule has 11 heavy (non-hydrogen) atoms. The molecule has 0 aromatic heterocycles. The van der Waals surface area contributed by atoms with Gasteiger partial charge in [-0.3, -0.25) is 0 Å². The van der Waals surface area contributed by atoms with E-state index in [9.17, 15) is 13.2 Å². The van der Waals surface area contributed by atoms with Crippen LogP contribution >= 0.6 is 0 Å². The highest BCUT2D eigenvalue weighted by atomic mass is 19.4. The SMILES string of the molecule is CC1CC1(C)C(C)C(F)(F)F. The molecule has 0 saturated heterocycles. The Morgan fingerprint density at radius 2 is 1.82 bits per heavy atom. The van der Waals surface area contributed by atoms with Gasteiger partial charge < -0.3 is 0 Å². The van der Waals surface area contributed by atoms with Crippen LogP contribution in [-0.2, 0) is 0 Å². The fraction of sp³-hybridized carbons (Fsp3) is 1.00. The fourth-order valence-electron chi connectivity index (χ4n) is 1.58. The third kappa shape index (κ3) is 1.37. The van der Waals surface area contributed by atoms with Crippen LogP contribution in [0, 0.1) is 17.3 Å². The Morgan fingerprint density at radius 3 is 1.91 bits per heavy atom. The third-order valence-electron chi connectivity index (χ3n) is 3.19. The van der Waals surface area contributed by atoms with Gasteiger partial charge in [-0.15, -0.1) is 0 Å². The van der Waals surface area contributed by atoms with E-state index in [1.165, 1.54) is 6.92 Å². The molecule has 0 N–H and O–H groups in total. The molecular weight excluding hydrogens is 153 g/mol.